The van der Waals surface area contributed by atoms with Crippen LogP contribution in [0, 0.1) is 5.92 Å². The van der Waals surface area contributed by atoms with Crippen molar-refractivity contribution in [3.63, 3.8) is 0 Å². The van der Waals surface area contributed by atoms with Crippen LogP contribution in [-0.2, 0) is 10.0 Å². The maximum atomic E-state index is 12.1. The van der Waals surface area contributed by atoms with Crippen molar-refractivity contribution in [3.8, 4) is 0 Å². The van der Waals surface area contributed by atoms with Crippen molar-refractivity contribution in [3.05, 3.63) is 0 Å². The number of hydrogen-bond acceptors (Lipinski definition) is 4. The van der Waals surface area contributed by atoms with Crippen LogP contribution in [0.2, 0.25) is 0 Å². The summed E-state index contributed by atoms with van der Waals surface area (Å²) in [4.78, 5) is 2.17. The van der Waals surface area contributed by atoms with E-state index in [0.717, 1.165) is 39.0 Å². The van der Waals surface area contributed by atoms with E-state index in [1.165, 1.54) is 0 Å². The van der Waals surface area contributed by atoms with Crippen LogP contribution < -0.4 is 5.32 Å². The van der Waals surface area contributed by atoms with Gasteiger partial charge >= 0.3 is 0 Å². The summed E-state index contributed by atoms with van der Waals surface area (Å²) in [5, 5.41) is 3.28. The third kappa shape index (κ3) is 3.64. The summed E-state index contributed by atoms with van der Waals surface area (Å²) in [6.07, 6.45) is 1.93. The Morgan fingerprint density at radius 1 is 1.24 bits per heavy atom. The summed E-state index contributed by atoms with van der Waals surface area (Å²) in [5.41, 5.74) is 0. The highest BCUT2D eigenvalue weighted by molar-refractivity contribution is 7.89. The summed E-state index contributed by atoms with van der Waals surface area (Å²) >= 11 is 0. The zero-order valence-corrected chi connectivity index (χ0v) is 11.4. The van der Waals surface area contributed by atoms with Crippen LogP contribution in [-0.4, -0.2) is 69.7 Å². The molecular weight excluding hydrogens is 238 g/mol. The lowest BCUT2D eigenvalue weighted by Gasteiger charge is -2.31. The molecule has 1 atom stereocenters. The van der Waals surface area contributed by atoms with Gasteiger partial charge in [0.15, 0.2) is 0 Å². The molecule has 5 nitrogen and oxygen atoms in total. The maximum Gasteiger partial charge on any atom is 0.214 e. The number of sulfonamides is 1. The molecule has 0 radical (unpaired) electrons. The molecule has 2 rings (SSSR count). The van der Waals surface area contributed by atoms with Gasteiger partial charge in [0.2, 0.25) is 10.0 Å². The molecule has 2 saturated heterocycles. The predicted molar refractivity (Wildman–Crippen MR) is 68.5 cm³/mol. The summed E-state index contributed by atoms with van der Waals surface area (Å²) in [6.45, 7) is 5.04. The smallest absolute Gasteiger partial charge is 0.214 e. The predicted octanol–water partition coefficient (Wildman–Crippen LogP) is -0.437. The molecule has 0 aromatic heterocycles. The van der Waals surface area contributed by atoms with Gasteiger partial charge in [0.05, 0.1) is 5.75 Å². The SMILES string of the molecule is CN1CCN(S(=O)(=O)CCC2CCNC2)CC1. The molecule has 0 bridgehead atoms. The third-order valence-corrected chi connectivity index (χ3v) is 5.71. The van der Waals surface area contributed by atoms with E-state index in [1.807, 2.05) is 7.05 Å². The minimum Gasteiger partial charge on any atom is -0.316 e. The van der Waals surface area contributed by atoms with Gasteiger partial charge in [-0.15, -0.1) is 0 Å². The first-order valence-corrected chi connectivity index (χ1v) is 8.06. The molecule has 0 spiro atoms. The minimum atomic E-state index is -3.02. The highest BCUT2D eigenvalue weighted by Crippen LogP contribution is 2.15. The largest absolute Gasteiger partial charge is 0.316 e. The Bertz CT molecular complexity index is 331. The first-order chi connectivity index (χ1) is 8.08. The quantitative estimate of drug-likeness (QED) is 0.746. The molecule has 2 fully saturated rings. The van der Waals surface area contributed by atoms with Crippen molar-refractivity contribution in [2.45, 2.75) is 12.8 Å². The molecule has 0 aromatic carbocycles. The normalized spacial score (nSPS) is 28.6. The van der Waals surface area contributed by atoms with E-state index in [4.69, 9.17) is 0 Å². The number of likely N-dealkylation sites (N-methyl/N-ethyl adjacent to an activating group) is 1. The van der Waals surface area contributed by atoms with Crippen molar-refractivity contribution in [1.82, 2.24) is 14.5 Å². The monoisotopic (exact) mass is 261 g/mol. The van der Waals surface area contributed by atoms with Gasteiger partial charge in [0, 0.05) is 26.2 Å². The molecule has 0 aromatic rings. The van der Waals surface area contributed by atoms with E-state index in [2.05, 4.69) is 10.2 Å². The molecule has 0 saturated carbocycles. The standard InChI is InChI=1S/C11H23N3O2S/c1-13-5-7-14(8-6-13)17(15,16)9-3-11-2-4-12-10-11/h11-12H,2-10H2,1H3. The number of nitrogens with one attached hydrogen (secondary N) is 1. The molecule has 1 N–H and O–H groups in total. The lowest BCUT2D eigenvalue weighted by molar-refractivity contribution is 0.222. The number of nitrogens with zero attached hydrogens (tertiary/aromatic N) is 2. The highest BCUT2D eigenvalue weighted by Gasteiger charge is 2.26. The summed E-state index contributed by atoms with van der Waals surface area (Å²) in [7, 11) is -0.979. The number of hydrogen-bond donors (Lipinski definition) is 1. The molecular formula is C11H23N3O2S. The highest BCUT2D eigenvalue weighted by atomic mass is 32.2. The average Bonchev–Trinajstić information content (AvgIpc) is 2.80. The fourth-order valence-electron chi connectivity index (χ4n) is 2.47. The van der Waals surface area contributed by atoms with Crippen molar-refractivity contribution in [1.29, 1.82) is 0 Å². The molecule has 1 unspecified atom stereocenters. The molecule has 2 aliphatic rings. The van der Waals surface area contributed by atoms with Gasteiger partial charge < -0.3 is 10.2 Å². The first kappa shape index (κ1) is 13.3. The minimum absolute atomic E-state index is 0.322. The fourth-order valence-corrected chi connectivity index (χ4v) is 4.08. The van der Waals surface area contributed by atoms with Crippen LogP contribution in [0.3, 0.4) is 0 Å². The second-order valence-corrected chi connectivity index (χ2v) is 7.25. The average molecular weight is 261 g/mol. The Balaban J connectivity index is 1.81. The Labute approximate surface area is 104 Å². The van der Waals surface area contributed by atoms with Gasteiger partial charge in [0.25, 0.3) is 0 Å². The number of piperazine rings is 1. The third-order valence-electron chi connectivity index (χ3n) is 3.80. The van der Waals surface area contributed by atoms with Crippen molar-refractivity contribution in [2.24, 2.45) is 5.92 Å². The Morgan fingerprint density at radius 2 is 1.94 bits per heavy atom. The zero-order valence-electron chi connectivity index (χ0n) is 10.6. The van der Waals surface area contributed by atoms with Gasteiger partial charge in [-0.1, -0.05) is 0 Å². The number of rotatable bonds is 4. The Hall–Kier alpha value is -0.170. The topological polar surface area (TPSA) is 52.7 Å². The van der Waals surface area contributed by atoms with Gasteiger partial charge in [0.1, 0.15) is 0 Å². The van der Waals surface area contributed by atoms with E-state index in [1.54, 1.807) is 4.31 Å². The Morgan fingerprint density at radius 3 is 2.53 bits per heavy atom. The summed E-state index contributed by atoms with van der Waals surface area (Å²) in [5.74, 6) is 0.875. The molecule has 100 valence electrons. The maximum absolute atomic E-state index is 12.1. The van der Waals surface area contributed by atoms with Gasteiger partial charge in [-0.25, -0.2) is 8.42 Å². The van der Waals surface area contributed by atoms with Crippen molar-refractivity contribution < 1.29 is 8.42 Å². The molecule has 2 aliphatic heterocycles. The van der Waals surface area contributed by atoms with Crippen molar-refractivity contribution >= 4 is 10.0 Å². The molecule has 0 amide bonds. The van der Waals surface area contributed by atoms with Gasteiger partial charge in [-0.2, -0.15) is 4.31 Å². The van der Waals surface area contributed by atoms with Crippen LogP contribution in [0.5, 0.6) is 0 Å². The molecule has 6 heteroatoms. The molecule has 2 heterocycles. The van der Waals surface area contributed by atoms with Crippen LogP contribution in [0.1, 0.15) is 12.8 Å². The van der Waals surface area contributed by atoms with E-state index < -0.39 is 10.0 Å². The molecule has 17 heavy (non-hydrogen) atoms. The van der Waals surface area contributed by atoms with Crippen LogP contribution in [0.25, 0.3) is 0 Å². The van der Waals surface area contributed by atoms with Crippen molar-refractivity contribution in [2.75, 3.05) is 52.1 Å². The first-order valence-electron chi connectivity index (χ1n) is 6.45. The summed E-state index contributed by atoms with van der Waals surface area (Å²) in [6, 6.07) is 0. The van der Waals surface area contributed by atoms with Gasteiger partial charge in [-0.3, -0.25) is 0 Å². The van der Waals surface area contributed by atoms with E-state index in [-0.39, 0.29) is 0 Å². The molecule has 0 aliphatic carbocycles. The van der Waals surface area contributed by atoms with E-state index >= 15 is 0 Å². The van der Waals surface area contributed by atoms with Crippen LogP contribution in [0.15, 0.2) is 0 Å². The lowest BCUT2D eigenvalue weighted by Crippen LogP contribution is -2.47. The zero-order chi connectivity index (χ0) is 12.3. The van der Waals surface area contributed by atoms with E-state index in [9.17, 15) is 8.42 Å². The second-order valence-electron chi connectivity index (χ2n) is 5.17. The Kier molecular flexibility index (Phi) is 4.41. The van der Waals surface area contributed by atoms with E-state index in [0.29, 0.717) is 24.8 Å². The summed E-state index contributed by atoms with van der Waals surface area (Å²) < 4.78 is 25.9. The van der Waals surface area contributed by atoms with Crippen LogP contribution in [0.4, 0.5) is 0 Å². The lowest BCUT2D eigenvalue weighted by atomic mass is 10.1. The second kappa shape index (κ2) is 5.65. The fraction of sp³-hybridized carbons (Fsp3) is 1.00. The van der Waals surface area contributed by atoms with Crippen LogP contribution >= 0.6 is 0 Å². The van der Waals surface area contributed by atoms with Gasteiger partial charge in [-0.05, 0) is 38.9 Å².